The fraction of sp³-hybridized carbons (Fsp3) is 0.857. The monoisotopic (exact) mass is 355 g/mol. The molecule has 0 spiro atoms. The number of unbranched alkanes of at least 4 members (excludes halogenated alkanes) is 11. The number of aliphatic hydroxyl groups excluding tert-OH is 1. The number of allylic oxidation sites excluding steroid dienone is 2. The summed E-state index contributed by atoms with van der Waals surface area (Å²) in [5.74, 6) is -0.231. The van der Waals surface area contributed by atoms with Gasteiger partial charge in [-0.3, -0.25) is 4.79 Å². The summed E-state index contributed by atoms with van der Waals surface area (Å²) in [5, 5.41) is 9.20. The lowest BCUT2D eigenvalue weighted by atomic mass is 10.1. The van der Waals surface area contributed by atoms with E-state index in [1.807, 2.05) is 0 Å². The maximum Gasteiger partial charge on any atom is 0.305 e. The van der Waals surface area contributed by atoms with E-state index in [-0.39, 0.29) is 19.1 Å². The molecule has 0 amide bonds. The Balaban J connectivity index is 3.22. The lowest BCUT2D eigenvalue weighted by Gasteiger charge is -2.08. The highest BCUT2D eigenvalue weighted by Gasteiger charge is 2.06. The summed E-state index contributed by atoms with van der Waals surface area (Å²) in [6.07, 6.45) is 20.5. The molecule has 0 rings (SSSR count). The van der Waals surface area contributed by atoms with Gasteiger partial charge < -0.3 is 15.6 Å². The van der Waals surface area contributed by atoms with Gasteiger partial charge in [0.25, 0.3) is 0 Å². The smallest absolute Gasteiger partial charge is 0.305 e. The summed E-state index contributed by atoms with van der Waals surface area (Å²) in [6, 6.07) is 0. The minimum absolute atomic E-state index is 0.0143. The molecule has 0 heterocycles. The van der Waals surface area contributed by atoms with Gasteiger partial charge in [-0.2, -0.15) is 0 Å². The fourth-order valence-corrected chi connectivity index (χ4v) is 2.67. The van der Waals surface area contributed by atoms with E-state index in [1.54, 1.807) is 0 Å². The second kappa shape index (κ2) is 19.5. The van der Waals surface area contributed by atoms with E-state index in [0.717, 1.165) is 12.8 Å². The van der Waals surface area contributed by atoms with Crippen LogP contribution in [0.3, 0.4) is 0 Å². The number of carbonyl (C=O) groups is 1. The van der Waals surface area contributed by atoms with Crippen LogP contribution in [0.2, 0.25) is 0 Å². The van der Waals surface area contributed by atoms with E-state index in [2.05, 4.69) is 19.1 Å². The first-order valence-electron chi connectivity index (χ1n) is 10.4. The summed E-state index contributed by atoms with van der Waals surface area (Å²) in [6.45, 7) is 2.40. The SMILES string of the molecule is CCCCCCCCC=CCCCCCCCC(=O)OCC(O)CN. The molecular weight excluding hydrogens is 314 g/mol. The lowest BCUT2D eigenvalue weighted by Crippen LogP contribution is -2.26. The highest BCUT2D eigenvalue weighted by molar-refractivity contribution is 5.69. The molecule has 0 aromatic rings. The Hall–Kier alpha value is -0.870. The molecule has 148 valence electrons. The van der Waals surface area contributed by atoms with E-state index >= 15 is 0 Å². The normalized spacial score (nSPS) is 12.6. The number of hydrogen-bond acceptors (Lipinski definition) is 4. The fourth-order valence-electron chi connectivity index (χ4n) is 2.67. The molecule has 0 aliphatic heterocycles. The van der Waals surface area contributed by atoms with Gasteiger partial charge in [0.15, 0.2) is 0 Å². The van der Waals surface area contributed by atoms with Crippen LogP contribution < -0.4 is 5.73 Å². The molecule has 3 N–H and O–H groups in total. The summed E-state index contributed by atoms with van der Waals surface area (Å²) in [4.78, 5) is 11.4. The second-order valence-electron chi connectivity index (χ2n) is 6.91. The standard InChI is InChI=1S/C21H41NO3/c1-2-3-4-5-6-7-8-9-10-11-12-13-14-15-16-17-21(24)25-19-20(23)18-22/h9-10,20,23H,2-8,11-19,22H2,1H3. The zero-order chi connectivity index (χ0) is 18.6. The van der Waals surface area contributed by atoms with Crippen molar-refractivity contribution < 1.29 is 14.6 Å². The van der Waals surface area contributed by atoms with Crippen LogP contribution in [0.4, 0.5) is 0 Å². The van der Waals surface area contributed by atoms with E-state index < -0.39 is 6.10 Å². The zero-order valence-corrected chi connectivity index (χ0v) is 16.4. The largest absolute Gasteiger partial charge is 0.463 e. The lowest BCUT2D eigenvalue weighted by molar-refractivity contribution is -0.146. The average Bonchev–Trinajstić information content (AvgIpc) is 2.62. The van der Waals surface area contributed by atoms with E-state index in [4.69, 9.17) is 10.5 Å². The first-order valence-corrected chi connectivity index (χ1v) is 10.4. The number of esters is 1. The van der Waals surface area contributed by atoms with Gasteiger partial charge in [0.2, 0.25) is 0 Å². The molecule has 0 fully saturated rings. The van der Waals surface area contributed by atoms with Gasteiger partial charge in [0.1, 0.15) is 12.7 Å². The minimum Gasteiger partial charge on any atom is -0.463 e. The van der Waals surface area contributed by atoms with Crippen molar-refractivity contribution in [3.63, 3.8) is 0 Å². The molecule has 4 nitrogen and oxygen atoms in total. The molecule has 0 aromatic heterocycles. The molecule has 0 saturated heterocycles. The third-order valence-corrected chi connectivity index (χ3v) is 4.35. The summed E-state index contributed by atoms with van der Waals surface area (Å²) in [5.41, 5.74) is 5.25. The molecule has 4 heteroatoms. The Morgan fingerprint density at radius 3 is 2.00 bits per heavy atom. The molecule has 0 saturated carbocycles. The van der Waals surface area contributed by atoms with Crippen LogP contribution >= 0.6 is 0 Å². The van der Waals surface area contributed by atoms with E-state index in [9.17, 15) is 9.90 Å². The predicted molar refractivity (Wildman–Crippen MR) is 105 cm³/mol. The molecule has 0 radical (unpaired) electrons. The van der Waals surface area contributed by atoms with Crippen molar-refractivity contribution in [3.05, 3.63) is 12.2 Å². The summed E-state index contributed by atoms with van der Waals surface area (Å²) < 4.78 is 4.94. The van der Waals surface area contributed by atoms with Crippen LogP contribution in [0.25, 0.3) is 0 Å². The van der Waals surface area contributed by atoms with Gasteiger partial charge in [0, 0.05) is 13.0 Å². The molecular formula is C21H41NO3. The van der Waals surface area contributed by atoms with Crippen molar-refractivity contribution in [3.8, 4) is 0 Å². The Morgan fingerprint density at radius 2 is 1.44 bits per heavy atom. The quantitative estimate of drug-likeness (QED) is 0.209. The maximum atomic E-state index is 11.4. The molecule has 0 aromatic carbocycles. The number of rotatable bonds is 18. The molecule has 1 unspecified atom stereocenters. The first-order chi connectivity index (χ1) is 12.2. The minimum atomic E-state index is -0.738. The zero-order valence-electron chi connectivity index (χ0n) is 16.4. The Kier molecular flexibility index (Phi) is 18.8. The highest BCUT2D eigenvalue weighted by Crippen LogP contribution is 2.10. The number of hydrogen-bond donors (Lipinski definition) is 2. The van der Waals surface area contributed by atoms with Crippen molar-refractivity contribution in [1.82, 2.24) is 0 Å². The van der Waals surface area contributed by atoms with E-state index in [0.29, 0.717) is 6.42 Å². The molecule has 0 aliphatic carbocycles. The van der Waals surface area contributed by atoms with Gasteiger partial charge >= 0.3 is 5.97 Å². The van der Waals surface area contributed by atoms with Crippen molar-refractivity contribution in [2.75, 3.05) is 13.2 Å². The Morgan fingerprint density at radius 1 is 0.920 bits per heavy atom. The van der Waals surface area contributed by atoms with Crippen molar-refractivity contribution in [2.45, 2.75) is 103 Å². The van der Waals surface area contributed by atoms with Gasteiger partial charge in [0.05, 0.1) is 0 Å². The van der Waals surface area contributed by atoms with Crippen LogP contribution in [0.15, 0.2) is 12.2 Å². The first kappa shape index (κ1) is 24.1. The van der Waals surface area contributed by atoms with Crippen LogP contribution in [-0.4, -0.2) is 30.3 Å². The topological polar surface area (TPSA) is 72.5 Å². The molecule has 0 bridgehead atoms. The predicted octanol–water partition coefficient (Wildman–Crippen LogP) is 4.89. The Labute approximate surface area is 155 Å². The molecule has 25 heavy (non-hydrogen) atoms. The number of ether oxygens (including phenoxy) is 1. The summed E-state index contributed by atoms with van der Waals surface area (Å²) in [7, 11) is 0. The number of aliphatic hydroxyl groups is 1. The molecule has 1 atom stereocenters. The summed E-state index contributed by atoms with van der Waals surface area (Å²) >= 11 is 0. The van der Waals surface area contributed by atoms with Crippen molar-refractivity contribution in [2.24, 2.45) is 5.73 Å². The van der Waals surface area contributed by atoms with Gasteiger partial charge in [-0.1, -0.05) is 70.4 Å². The molecule has 0 aliphatic rings. The van der Waals surface area contributed by atoms with Crippen molar-refractivity contribution in [1.29, 1.82) is 0 Å². The number of nitrogens with two attached hydrogens (primary N) is 1. The number of carbonyl (C=O) groups excluding carboxylic acids is 1. The van der Waals surface area contributed by atoms with E-state index in [1.165, 1.54) is 70.6 Å². The van der Waals surface area contributed by atoms with Crippen LogP contribution in [0, 0.1) is 0 Å². The van der Waals surface area contributed by atoms with Crippen molar-refractivity contribution >= 4 is 5.97 Å². The van der Waals surface area contributed by atoms with Gasteiger partial charge in [-0.15, -0.1) is 0 Å². The maximum absolute atomic E-state index is 11.4. The third-order valence-electron chi connectivity index (χ3n) is 4.35. The average molecular weight is 356 g/mol. The second-order valence-corrected chi connectivity index (χ2v) is 6.91. The van der Waals surface area contributed by atoms with Crippen LogP contribution in [0.1, 0.15) is 96.8 Å². The third kappa shape index (κ3) is 19.3. The van der Waals surface area contributed by atoms with Crippen LogP contribution in [0.5, 0.6) is 0 Å². The Bertz CT molecular complexity index is 318. The highest BCUT2D eigenvalue weighted by atomic mass is 16.5. The van der Waals surface area contributed by atoms with Gasteiger partial charge in [-0.05, 0) is 32.1 Å². The van der Waals surface area contributed by atoms with Gasteiger partial charge in [-0.25, -0.2) is 0 Å². The van der Waals surface area contributed by atoms with Crippen LogP contribution in [-0.2, 0) is 9.53 Å².